The molecular formula is C19H21ClN4S. The number of hydrogen-bond acceptors (Lipinski definition) is 3. The van der Waals surface area contributed by atoms with Gasteiger partial charge in [0.25, 0.3) is 0 Å². The van der Waals surface area contributed by atoms with E-state index in [1.54, 1.807) is 0 Å². The molecule has 4 saturated carbocycles. The third-order valence-electron chi connectivity index (χ3n) is 6.36. The first-order valence-electron chi connectivity index (χ1n) is 9.09. The van der Waals surface area contributed by atoms with Gasteiger partial charge in [0.15, 0.2) is 5.82 Å². The van der Waals surface area contributed by atoms with Crippen LogP contribution in [0.2, 0.25) is 5.02 Å². The Hall–Kier alpha value is -1.46. The van der Waals surface area contributed by atoms with Crippen LogP contribution in [-0.4, -0.2) is 21.1 Å². The van der Waals surface area contributed by atoms with Crippen LogP contribution < -0.4 is 0 Å². The molecule has 6 heteroatoms. The molecule has 6 rings (SSSR count). The summed E-state index contributed by atoms with van der Waals surface area (Å²) in [4.78, 5) is 0. The van der Waals surface area contributed by atoms with Crippen molar-refractivity contribution in [2.45, 2.75) is 43.9 Å². The largest absolute Gasteiger partial charge is 0.250 e. The Labute approximate surface area is 157 Å². The number of aromatic nitrogens is 3. The number of nitrogens with zero attached hydrogens (tertiary/aromatic N) is 3. The molecule has 25 heavy (non-hydrogen) atoms. The quantitative estimate of drug-likeness (QED) is 0.612. The average molecular weight is 373 g/mol. The minimum absolute atomic E-state index is 0.166. The molecule has 0 amide bonds. The SMILES string of the molecule is S=c1[nH]nc(C23CC4CC(CC(C4)C2)C3)n1/N=C/c1ccc(Cl)cc1. The van der Waals surface area contributed by atoms with Crippen LogP contribution in [0.5, 0.6) is 0 Å². The normalized spacial score (nSPS) is 33.4. The lowest BCUT2D eigenvalue weighted by atomic mass is 9.49. The van der Waals surface area contributed by atoms with E-state index in [4.69, 9.17) is 23.8 Å². The summed E-state index contributed by atoms with van der Waals surface area (Å²) in [6, 6.07) is 7.66. The van der Waals surface area contributed by atoms with Crippen LogP contribution in [-0.2, 0) is 5.41 Å². The maximum atomic E-state index is 5.96. The van der Waals surface area contributed by atoms with Gasteiger partial charge in [-0.1, -0.05) is 23.7 Å². The Bertz CT molecular complexity index is 844. The van der Waals surface area contributed by atoms with Crippen molar-refractivity contribution >= 4 is 30.0 Å². The van der Waals surface area contributed by atoms with Crippen molar-refractivity contribution in [2.75, 3.05) is 0 Å². The maximum Gasteiger partial charge on any atom is 0.216 e. The molecule has 4 bridgehead atoms. The zero-order chi connectivity index (χ0) is 17.0. The highest BCUT2D eigenvalue weighted by molar-refractivity contribution is 7.71. The molecule has 0 saturated heterocycles. The minimum atomic E-state index is 0.166. The van der Waals surface area contributed by atoms with E-state index in [0.717, 1.165) is 34.2 Å². The topological polar surface area (TPSA) is 46.0 Å². The van der Waals surface area contributed by atoms with E-state index in [-0.39, 0.29) is 5.41 Å². The van der Waals surface area contributed by atoms with E-state index in [2.05, 4.69) is 15.3 Å². The average Bonchev–Trinajstić information content (AvgIpc) is 2.95. The number of aromatic amines is 1. The first-order valence-corrected chi connectivity index (χ1v) is 9.88. The second kappa shape index (κ2) is 5.78. The zero-order valence-corrected chi connectivity index (χ0v) is 15.6. The van der Waals surface area contributed by atoms with Gasteiger partial charge in [0, 0.05) is 10.4 Å². The molecule has 4 fully saturated rings. The summed E-state index contributed by atoms with van der Waals surface area (Å²) in [5.74, 6) is 3.64. The molecule has 4 nitrogen and oxygen atoms in total. The molecule has 0 spiro atoms. The van der Waals surface area contributed by atoms with Gasteiger partial charge in [-0.3, -0.25) is 5.10 Å². The fraction of sp³-hybridized carbons (Fsp3) is 0.526. The van der Waals surface area contributed by atoms with Gasteiger partial charge >= 0.3 is 0 Å². The summed E-state index contributed by atoms with van der Waals surface area (Å²) < 4.78 is 2.44. The molecule has 130 valence electrons. The lowest BCUT2D eigenvalue weighted by Gasteiger charge is -2.55. The number of halogens is 1. The van der Waals surface area contributed by atoms with Crippen LogP contribution in [0.25, 0.3) is 0 Å². The van der Waals surface area contributed by atoms with E-state index >= 15 is 0 Å². The van der Waals surface area contributed by atoms with Crippen molar-refractivity contribution in [1.29, 1.82) is 0 Å². The third kappa shape index (κ3) is 2.68. The van der Waals surface area contributed by atoms with E-state index in [1.165, 1.54) is 38.5 Å². The lowest BCUT2D eigenvalue weighted by Crippen LogP contribution is -2.49. The van der Waals surface area contributed by atoms with Gasteiger partial charge in [-0.2, -0.15) is 14.9 Å². The highest BCUT2D eigenvalue weighted by Gasteiger charge is 2.53. The summed E-state index contributed by atoms with van der Waals surface area (Å²) in [6.07, 6.45) is 9.82. The van der Waals surface area contributed by atoms with Crippen LogP contribution >= 0.6 is 23.8 Å². The second-order valence-corrected chi connectivity index (χ2v) is 8.98. The molecule has 1 heterocycles. The molecule has 4 aliphatic carbocycles. The Balaban J connectivity index is 1.51. The van der Waals surface area contributed by atoms with Crippen molar-refractivity contribution in [3.63, 3.8) is 0 Å². The lowest BCUT2D eigenvalue weighted by molar-refractivity contribution is -0.0109. The van der Waals surface area contributed by atoms with Gasteiger partial charge in [0.1, 0.15) is 0 Å². The van der Waals surface area contributed by atoms with Gasteiger partial charge in [-0.05, 0) is 86.2 Å². The van der Waals surface area contributed by atoms with Crippen molar-refractivity contribution in [1.82, 2.24) is 14.9 Å². The van der Waals surface area contributed by atoms with E-state index in [0.29, 0.717) is 4.77 Å². The van der Waals surface area contributed by atoms with E-state index in [9.17, 15) is 0 Å². The fourth-order valence-corrected chi connectivity index (χ4v) is 6.11. The van der Waals surface area contributed by atoms with E-state index < -0.39 is 0 Å². The van der Waals surface area contributed by atoms with Crippen molar-refractivity contribution in [3.05, 3.63) is 45.4 Å². The van der Waals surface area contributed by atoms with Gasteiger partial charge in [-0.25, -0.2) is 0 Å². The third-order valence-corrected chi connectivity index (χ3v) is 6.87. The Morgan fingerprint density at radius 3 is 2.32 bits per heavy atom. The van der Waals surface area contributed by atoms with Crippen LogP contribution in [0.3, 0.4) is 0 Å². The molecule has 0 atom stereocenters. The van der Waals surface area contributed by atoms with Gasteiger partial charge in [-0.15, -0.1) is 0 Å². The van der Waals surface area contributed by atoms with Crippen LogP contribution in [0, 0.1) is 22.5 Å². The molecular weight excluding hydrogens is 352 g/mol. The minimum Gasteiger partial charge on any atom is -0.250 e. The summed E-state index contributed by atoms with van der Waals surface area (Å²) in [5.41, 5.74) is 1.17. The summed E-state index contributed by atoms with van der Waals surface area (Å²) in [6.45, 7) is 0. The Morgan fingerprint density at radius 2 is 1.72 bits per heavy atom. The number of benzene rings is 1. The number of hydrogen-bond donors (Lipinski definition) is 1. The van der Waals surface area contributed by atoms with Crippen LogP contribution in [0.15, 0.2) is 29.4 Å². The van der Waals surface area contributed by atoms with Crippen LogP contribution in [0.4, 0.5) is 0 Å². The molecule has 0 radical (unpaired) electrons. The Morgan fingerprint density at radius 1 is 1.12 bits per heavy atom. The molecule has 2 aromatic rings. The Kier molecular flexibility index (Phi) is 3.64. The molecule has 1 aromatic heterocycles. The zero-order valence-electron chi connectivity index (χ0n) is 14.0. The highest BCUT2D eigenvalue weighted by atomic mass is 35.5. The van der Waals surface area contributed by atoms with Gasteiger partial charge in [0.2, 0.25) is 4.77 Å². The van der Waals surface area contributed by atoms with Gasteiger partial charge < -0.3 is 0 Å². The first kappa shape index (κ1) is 15.8. The standard InChI is InChI=1S/C19H21ClN4S/c20-16-3-1-12(2-4-16)11-21-24-17(22-23-18(24)25)19-8-13-5-14(9-19)7-15(6-13)10-19/h1-4,11,13-15H,5-10H2,(H,23,25)/b21-11+. The number of nitrogens with one attached hydrogen (secondary N) is 1. The van der Waals surface area contributed by atoms with Crippen molar-refractivity contribution in [2.24, 2.45) is 22.9 Å². The summed E-state index contributed by atoms with van der Waals surface area (Å²) >= 11 is 11.4. The molecule has 1 aromatic carbocycles. The molecule has 4 aliphatic rings. The smallest absolute Gasteiger partial charge is 0.216 e. The maximum absolute atomic E-state index is 5.96. The fourth-order valence-electron chi connectivity index (χ4n) is 5.80. The molecule has 0 aliphatic heterocycles. The number of rotatable bonds is 3. The number of H-pyrrole nitrogens is 1. The van der Waals surface area contributed by atoms with Crippen molar-refractivity contribution in [3.8, 4) is 0 Å². The summed E-state index contributed by atoms with van der Waals surface area (Å²) in [5, 5.41) is 13.0. The second-order valence-electron chi connectivity index (χ2n) is 8.16. The van der Waals surface area contributed by atoms with Gasteiger partial charge in [0.05, 0.1) is 6.21 Å². The molecule has 1 N–H and O–H groups in total. The predicted molar refractivity (Wildman–Crippen MR) is 102 cm³/mol. The first-order chi connectivity index (χ1) is 12.1. The molecule has 0 unspecified atom stereocenters. The van der Waals surface area contributed by atoms with E-state index in [1.807, 2.05) is 35.2 Å². The van der Waals surface area contributed by atoms with Crippen molar-refractivity contribution < 1.29 is 0 Å². The van der Waals surface area contributed by atoms with Crippen LogP contribution in [0.1, 0.15) is 49.9 Å². The summed E-state index contributed by atoms with van der Waals surface area (Å²) in [7, 11) is 0. The predicted octanol–water partition coefficient (Wildman–Crippen LogP) is 4.94. The highest BCUT2D eigenvalue weighted by Crippen LogP contribution is 2.60. The monoisotopic (exact) mass is 372 g/mol.